The van der Waals surface area contributed by atoms with E-state index in [-0.39, 0.29) is 0 Å². The third-order valence-electron chi connectivity index (χ3n) is 2.86. The van der Waals surface area contributed by atoms with E-state index < -0.39 is 0 Å². The average Bonchev–Trinajstić information content (AvgIpc) is 2.64. The average molecular weight is 185 g/mol. The summed E-state index contributed by atoms with van der Waals surface area (Å²) in [5, 5.41) is 3.48. The Morgan fingerprint density at radius 2 is 2.38 bits per heavy atom. The third-order valence-corrected chi connectivity index (χ3v) is 2.86. The van der Waals surface area contributed by atoms with Crippen LogP contribution < -0.4 is 5.32 Å². The van der Waals surface area contributed by atoms with Gasteiger partial charge >= 0.3 is 0 Å². The molecule has 0 aromatic heterocycles. The maximum atomic E-state index is 5.55. The summed E-state index contributed by atoms with van der Waals surface area (Å²) in [4.78, 5) is 0. The van der Waals surface area contributed by atoms with Crippen LogP contribution in [0.4, 0.5) is 0 Å². The van der Waals surface area contributed by atoms with Gasteiger partial charge in [0.1, 0.15) is 0 Å². The van der Waals surface area contributed by atoms with Gasteiger partial charge in [0.2, 0.25) is 0 Å². The second-order valence-corrected chi connectivity index (χ2v) is 4.14. The first-order valence-electron chi connectivity index (χ1n) is 5.65. The zero-order chi connectivity index (χ0) is 9.52. The number of rotatable bonds is 6. The summed E-state index contributed by atoms with van der Waals surface area (Å²) >= 11 is 0. The normalized spacial score (nSPS) is 24.9. The molecule has 1 N–H and O–H groups in total. The Labute approximate surface area is 82.0 Å². The van der Waals surface area contributed by atoms with E-state index in [9.17, 15) is 0 Å². The predicted molar refractivity (Wildman–Crippen MR) is 55.9 cm³/mol. The number of hydrogen-bond donors (Lipinski definition) is 1. The molecule has 0 aromatic carbocycles. The van der Waals surface area contributed by atoms with Crippen LogP contribution in [-0.2, 0) is 4.74 Å². The molecule has 0 aliphatic carbocycles. The molecule has 78 valence electrons. The van der Waals surface area contributed by atoms with Crippen LogP contribution in [0, 0.1) is 5.92 Å². The van der Waals surface area contributed by atoms with Gasteiger partial charge in [-0.05, 0) is 38.3 Å². The lowest BCUT2D eigenvalue weighted by atomic mass is 10.1. The minimum Gasteiger partial charge on any atom is -0.378 e. The van der Waals surface area contributed by atoms with E-state index in [1.54, 1.807) is 0 Å². The van der Waals surface area contributed by atoms with Crippen LogP contribution in [0.3, 0.4) is 0 Å². The minimum absolute atomic E-state index is 0.546. The van der Waals surface area contributed by atoms with Crippen LogP contribution in [0.5, 0.6) is 0 Å². The monoisotopic (exact) mass is 185 g/mol. The molecule has 1 aliphatic rings. The number of hydrogen-bond acceptors (Lipinski definition) is 2. The molecule has 0 spiro atoms. The van der Waals surface area contributed by atoms with Crippen molar-refractivity contribution in [2.45, 2.75) is 45.6 Å². The highest BCUT2D eigenvalue weighted by molar-refractivity contribution is 4.66. The lowest BCUT2D eigenvalue weighted by Gasteiger charge is -2.12. The van der Waals surface area contributed by atoms with E-state index in [1.807, 2.05) is 0 Å². The van der Waals surface area contributed by atoms with Gasteiger partial charge < -0.3 is 10.1 Å². The van der Waals surface area contributed by atoms with E-state index in [1.165, 1.54) is 25.7 Å². The minimum atomic E-state index is 0.546. The Hall–Kier alpha value is -0.0800. The van der Waals surface area contributed by atoms with E-state index in [2.05, 4.69) is 19.2 Å². The molecule has 1 rings (SSSR count). The van der Waals surface area contributed by atoms with Crippen LogP contribution >= 0.6 is 0 Å². The van der Waals surface area contributed by atoms with E-state index in [0.717, 1.165) is 25.6 Å². The fourth-order valence-electron chi connectivity index (χ4n) is 1.63. The van der Waals surface area contributed by atoms with Crippen molar-refractivity contribution < 1.29 is 4.74 Å². The fraction of sp³-hybridized carbons (Fsp3) is 1.00. The van der Waals surface area contributed by atoms with Crippen molar-refractivity contribution in [3.63, 3.8) is 0 Å². The van der Waals surface area contributed by atoms with Crippen molar-refractivity contribution in [1.29, 1.82) is 0 Å². The van der Waals surface area contributed by atoms with Gasteiger partial charge in [-0.2, -0.15) is 0 Å². The first-order valence-corrected chi connectivity index (χ1v) is 5.65. The smallest absolute Gasteiger partial charge is 0.0588 e. The van der Waals surface area contributed by atoms with Gasteiger partial charge in [0.05, 0.1) is 6.10 Å². The Bertz CT molecular complexity index is 121. The standard InChI is InChI=1S/C11H23NO/c1-3-10(2)9-12-7-6-11-5-4-8-13-11/h10-12H,3-9H2,1-2H3. The Morgan fingerprint density at radius 1 is 1.54 bits per heavy atom. The maximum Gasteiger partial charge on any atom is 0.0588 e. The van der Waals surface area contributed by atoms with E-state index in [0.29, 0.717) is 6.10 Å². The molecule has 2 atom stereocenters. The molecular formula is C11H23NO. The summed E-state index contributed by atoms with van der Waals surface area (Å²) in [5.74, 6) is 0.810. The van der Waals surface area contributed by atoms with Gasteiger partial charge in [0.15, 0.2) is 0 Å². The second-order valence-electron chi connectivity index (χ2n) is 4.14. The van der Waals surface area contributed by atoms with Crippen LogP contribution in [-0.4, -0.2) is 25.8 Å². The summed E-state index contributed by atoms with van der Waals surface area (Å²) in [7, 11) is 0. The molecule has 0 bridgehead atoms. The molecule has 0 amide bonds. The summed E-state index contributed by atoms with van der Waals surface area (Å²) in [6, 6.07) is 0. The molecule has 2 unspecified atom stereocenters. The van der Waals surface area contributed by atoms with E-state index >= 15 is 0 Å². The molecule has 2 nitrogen and oxygen atoms in total. The first-order chi connectivity index (χ1) is 6.33. The number of nitrogens with one attached hydrogen (secondary N) is 1. The van der Waals surface area contributed by atoms with E-state index in [4.69, 9.17) is 4.74 Å². The molecule has 0 saturated carbocycles. The lowest BCUT2D eigenvalue weighted by Crippen LogP contribution is -2.24. The van der Waals surface area contributed by atoms with Crippen LogP contribution in [0.1, 0.15) is 39.5 Å². The van der Waals surface area contributed by atoms with Crippen molar-refractivity contribution in [3.8, 4) is 0 Å². The van der Waals surface area contributed by atoms with Crippen LogP contribution in [0.15, 0.2) is 0 Å². The predicted octanol–water partition coefficient (Wildman–Crippen LogP) is 2.19. The SMILES string of the molecule is CCC(C)CNCCC1CCCO1. The van der Waals surface area contributed by atoms with Gasteiger partial charge in [-0.1, -0.05) is 20.3 Å². The topological polar surface area (TPSA) is 21.3 Å². The molecule has 0 radical (unpaired) electrons. The molecule has 1 heterocycles. The zero-order valence-corrected chi connectivity index (χ0v) is 9.01. The molecule has 2 heteroatoms. The summed E-state index contributed by atoms with van der Waals surface area (Å²) in [6.07, 6.45) is 5.54. The summed E-state index contributed by atoms with van der Waals surface area (Å²) in [5.41, 5.74) is 0. The van der Waals surface area contributed by atoms with Gasteiger partial charge in [0.25, 0.3) is 0 Å². The van der Waals surface area contributed by atoms with Gasteiger partial charge in [0, 0.05) is 6.61 Å². The van der Waals surface area contributed by atoms with Crippen molar-refractivity contribution in [2.24, 2.45) is 5.92 Å². The quantitative estimate of drug-likeness (QED) is 0.640. The largest absolute Gasteiger partial charge is 0.378 e. The van der Waals surface area contributed by atoms with Crippen molar-refractivity contribution >= 4 is 0 Å². The molecule has 1 saturated heterocycles. The fourth-order valence-corrected chi connectivity index (χ4v) is 1.63. The van der Waals surface area contributed by atoms with Crippen LogP contribution in [0.2, 0.25) is 0 Å². The Balaban J connectivity index is 1.88. The lowest BCUT2D eigenvalue weighted by molar-refractivity contribution is 0.104. The highest BCUT2D eigenvalue weighted by Gasteiger charge is 2.14. The van der Waals surface area contributed by atoms with Crippen LogP contribution in [0.25, 0.3) is 0 Å². The zero-order valence-electron chi connectivity index (χ0n) is 9.01. The number of ether oxygens (including phenoxy) is 1. The summed E-state index contributed by atoms with van der Waals surface area (Å²) in [6.45, 7) is 7.79. The Morgan fingerprint density at radius 3 is 3.00 bits per heavy atom. The van der Waals surface area contributed by atoms with Gasteiger partial charge in [-0.15, -0.1) is 0 Å². The highest BCUT2D eigenvalue weighted by atomic mass is 16.5. The molecule has 13 heavy (non-hydrogen) atoms. The molecule has 1 fully saturated rings. The third kappa shape index (κ3) is 4.63. The maximum absolute atomic E-state index is 5.55. The van der Waals surface area contributed by atoms with Gasteiger partial charge in [-0.25, -0.2) is 0 Å². The van der Waals surface area contributed by atoms with Crippen molar-refractivity contribution in [1.82, 2.24) is 5.32 Å². The Kier molecular flexibility index (Phi) is 5.40. The molecular weight excluding hydrogens is 162 g/mol. The highest BCUT2D eigenvalue weighted by Crippen LogP contribution is 2.14. The molecule has 1 aliphatic heterocycles. The second kappa shape index (κ2) is 6.39. The van der Waals surface area contributed by atoms with Crippen molar-refractivity contribution in [3.05, 3.63) is 0 Å². The van der Waals surface area contributed by atoms with Gasteiger partial charge in [-0.3, -0.25) is 0 Å². The van der Waals surface area contributed by atoms with Crippen molar-refractivity contribution in [2.75, 3.05) is 19.7 Å². The summed E-state index contributed by atoms with van der Waals surface area (Å²) < 4.78 is 5.55. The molecule has 0 aromatic rings. The first kappa shape index (κ1) is 11.0.